The van der Waals surface area contributed by atoms with Crippen molar-refractivity contribution in [2.75, 3.05) is 0 Å². The molecule has 0 spiro atoms. The molecule has 0 aliphatic rings. The zero-order valence-electron chi connectivity index (χ0n) is 8.88. The van der Waals surface area contributed by atoms with Crippen molar-refractivity contribution in [2.45, 2.75) is 0 Å². The van der Waals surface area contributed by atoms with Gasteiger partial charge in [-0.1, -0.05) is 41.4 Å². The number of carbonyl (C=O) groups is 1. The third-order valence-electron chi connectivity index (χ3n) is 2.44. The van der Waals surface area contributed by atoms with Crippen LogP contribution < -0.4 is 0 Å². The standard InChI is InChI=1S/C13H6Cl3FO/c14-10-5-4-7(6-11(10)15)8-2-1-3-9(12(8)17)13(16)18/h1-6H. The van der Waals surface area contributed by atoms with Gasteiger partial charge in [0, 0.05) is 5.56 Å². The van der Waals surface area contributed by atoms with Crippen LogP contribution in [0, 0.1) is 5.82 Å². The van der Waals surface area contributed by atoms with Crippen molar-refractivity contribution in [3.63, 3.8) is 0 Å². The molecular formula is C13H6Cl3FO. The highest BCUT2D eigenvalue weighted by Gasteiger charge is 2.14. The Labute approximate surface area is 118 Å². The van der Waals surface area contributed by atoms with Gasteiger partial charge in [0.25, 0.3) is 5.24 Å². The van der Waals surface area contributed by atoms with Crippen LogP contribution in [0.2, 0.25) is 10.0 Å². The minimum atomic E-state index is -0.839. The molecule has 2 rings (SSSR count). The Morgan fingerprint density at radius 3 is 2.39 bits per heavy atom. The van der Waals surface area contributed by atoms with Crippen LogP contribution in [0.15, 0.2) is 36.4 Å². The Morgan fingerprint density at radius 1 is 1.06 bits per heavy atom. The van der Waals surface area contributed by atoms with E-state index in [1.165, 1.54) is 18.2 Å². The van der Waals surface area contributed by atoms with Crippen LogP contribution in [0.5, 0.6) is 0 Å². The predicted octanol–water partition coefficient (Wildman–Crippen LogP) is 5.18. The lowest BCUT2D eigenvalue weighted by Crippen LogP contribution is -1.96. The molecule has 1 nitrogen and oxygen atoms in total. The highest BCUT2D eigenvalue weighted by atomic mass is 35.5. The van der Waals surface area contributed by atoms with Crippen molar-refractivity contribution in [2.24, 2.45) is 0 Å². The summed E-state index contributed by atoms with van der Waals surface area (Å²) < 4.78 is 14.1. The van der Waals surface area contributed by atoms with E-state index in [4.69, 9.17) is 34.8 Å². The van der Waals surface area contributed by atoms with Crippen molar-refractivity contribution in [1.82, 2.24) is 0 Å². The zero-order chi connectivity index (χ0) is 13.3. The lowest BCUT2D eigenvalue weighted by atomic mass is 10.0. The number of carbonyl (C=O) groups excluding carboxylic acids is 1. The molecule has 0 saturated heterocycles. The highest BCUT2D eigenvalue weighted by Crippen LogP contribution is 2.31. The maximum absolute atomic E-state index is 14.1. The van der Waals surface area contributed by atoms with Gasteiger partial charge < -0.3 is 0 Å². The van der Waals surface area contributed by atoms with E-state index < -0.39 is 11.1 Å². The first-order chi connectivity index (χ1) is 8.50. The second kappa shape index (κ2) is 5.27. The molecule has 0 saturated carbocycles. The smallest absolute Gasteiger partial charge is 0.255 e. The van der Waals surface area contributed by atoms with E-state index in [2.05, 4.69) is 0 Å². The molecule has 92 valence electrons. The van der Waals surface area contributed by atoms with E-state index in [9.17, 15) is 9.18 Å². The molecule has 0 bridgehead atoms. The van der Waals surface area contributed by atoms with E-state index >= 15 is 0 Å². The Kier molecular flexibility index (Phi) is 3.91. The first kappa shape index (κ1) is 13.3. The molecule has 0 amide bonds. The van der Waals surface area contributed by atoms with Crippen LogP contribution in [0.25, 0.3) is 11.1 Å². The average molecular weight is 304 g/mol. The number of rotatable bonds is 2. The summed E-state index contributed by atoms with van der Waals surface area (Å²) in [6.45, 7) is 0. The van der Waals surface area contributed by atoms with E-state index in [-0.39, 0.29) is 11.1 Å². The van der Waals surface area contributed by atoms with Gasteiger partial charge in [-0.3, -0.25) is 4.79 Å². The molecule has 2 aromatic rings. The van der Waals surface area contributed by atoms with Crippen LogP contribution in [-0.2, 0) is 0 Å². The summed E-state index contributed by atoms with van der Waals surface area (Å²) in [5, 5.41) is -0.143. The van der Waals surface area contributed by atoms with E-state index in [0.717, 1.165) is 0 Å². The van der Waals surface area contributed by atoms with Crippen molar-refractivity contribution in [1.29, 1.82) is 0 Å². The topological polar surface area (TPSA) is 17.1 Å². The van der Waals surface area contributed by atoms with Crippen molar-refractivity contribution >= 4 is 40.0 Å². The van der Waals surface area contributed by atoms with Crippen molar-refractivity contribution < 1.29 is 9.18 Å². The fraction of sp³-hybridized carbons (Fsp3) is 0. The van der Waals surface area contributed by atoms with Crippen LogP contribution in [0.1, 0.15) is 10.4 Å². The minimum absolute atomic E-state index is 0.166. The summed E-state index contributed by atoms with van der Waals surface area (Å²) in [6.07, 6.45) is 0. The van der Waals surface area contributed by atoms with Gasteiger partial charge in [-0.25, -0.2) is 4.39 Å². The summed E-state index contributed by atoms with van der Waals surface area (Å²) in [5.74, 6) is -0.670. The van der Waals surface area contributed by atoms with Crippen molar-refractivity contribution in [3.05, 3.63) is 57.8 Å². The maximum atomic E-state index is 14.1. The maximum Gasteiger partial charge on any atom is 0.255 e. The van der Waals surface area contributed by atoms with E-state index in [1.54, 1.807) is 18.2 Å². The van der Waals surface area contributed by atoms with Gasteiger partial charge in [-0.2, -0.15) is 0 Å². The molecule has 5 heteroatoms. The minimum Gasteiger partial charge on any atom is -0.275 e. The zero-order valence-corrected chi connectivity index (χ0v) is 11.2. The molecule has 0 aromatic heterocycles. The molecule has 0 heterocycles. The molecule has 0 fully saturated rings. The summed E-state index contributed by atoms with van der Waals surface area (Å²) in [5.41, 5.74) is 0.613. The molecule has 0 unspecified atom stereocenters. The number of benzene rings is 2. The third kappa shape index (κ3) is 2.51. The van der Waals surface area contributed by atoms with Gasteiger partial charge in [0.1, 0.15) is 5.82 Å². The summed E-state index contributed by atoms with van der Waals surface area (Å²) in [4.78, 5) is 11.0. The van der Waals surface area contributed by atoms with Gasteiger partial charge in [-0.05, 0) is 35.4 Å². The average Bonchev–Trinajstić information content (AvgIpc) is 2.33. The Balaban J connectivity index is 2.60. The van der Waals surface area contributed by atoms with Crippen LogP contribution in [0.3, 0.4) is 0 Å². The molecule has 0 aliphatic heterocycles. The second-order valence-corrected chi connectivity index (χ2v) is 4.73. The monoisotopic (exact) mass is 302 g/mol. The quantitative estimate of drug-likeness (QED) is 0.699. The van der Waals surface area contributed by atoms with Crippen LogP contribution >= 0.6 is 34.8 Å². The van der Waals surface area contributed by atoms with Gasteiger partial charge in [0.15, 0.2) is 0 Å². The van der Waals surface area contributed by atoms with Crippen molar-refractivity contribution in [3.8, 4) is 11.1 Å². The van der Waals surface area contributed by atoms with Gasteiger partial charge in [0.05, 0.1) is 15.6 Å². The SMILES string of the molecule is O=C(Cl)c1cccc(-c2ccc(Cl)c(Cl)c2)c1F. The summed E-state index contributed by atoms with van der Waals surface area (Å²) >= 11 is 17.0. The molecule has 2 aromatic carbocycles. The van der Waals surface area contributed by atoms with Crippen LogP contribution in [-0.4, -0.2) is 5.24 Å². The molecule has 0 atom stereocenters. The number of hydrogen-bond acceptors (Lipinski definition) is 1. The van der Waals surface area contributed by atoms with Gasteiger partial charge in [-0.15, -0.1) is 0 Å². The summed E-state index contributed by atoms with van der Waals surface area (Å²) in [7, 11) is 0. The Bertz CT molecular complexity index is 626. The fourth-order valence-corrected chi connectivity index (χ4v) is 2.01. The highest BCUT2D eigenvalue weighted by molar-refractivity contribution is 6.67. The normalized spacial score (nSPS) is 10.4. The molecule has 0 N–H and O–H groups in total. The Morgan fingerprint density at radius 2 is 1.78 bits per heavy atom. The number of halogens is 4. The Hall–Kier alpha value is -1.09. The van der Waals surface area contributed by atoms with E-state index in [1.807, 2.05) is 0 Å². The second-order valence-electron chi connectivity index (χ2n) is 3.57. The predicted molar refractivity (Wildman–Crippen MR) is 72.0 cm³/mol. The first-order valence-electron chi connectivity index (χ1n) is 4.94. The van der Waals surface area contributed by atoms with Crippen LogP contribution in [0.4, 0.5) is 4.39 Å². The van der Waals surface area contributed by atoms with Gasteiger partial charge in [0.2, 0.25) is 0 Å². The molecule has 18 heavy (non-hydrogen) atoms. The lowest BCUT2D eigenvalue weighted by Gasteiger charge is -2.07. The molecule has 0 aliphatic carbocycles. The van der Waals surface area contributed by atoms with E-state index in [0.29, 0.717) is 15.6 Å². The third-order valence-corrected chi connectivity index (χ3v) is 3.38. The number of hydrogen-bond donors (Lipinski definition) is 0. The lowest BCUT2D eigenvalue weighted by molar-refractivity contribution is 0.107. The molecule has 0 radical (unpaired) electrons. The first-order valence-corrected chi connectivity index (χ1v) is 6.08. The summed E-state index contributed by atoms with van der Waals surface area (Å²) in [6, 6.07) is 9.13. The van der Waals surface area contributed by atoms with Gasteiger partial charge >= 0.3 is 0 Å². The largest absolute Gasteiger partial charge is 0.275 e. The fourth-order valence-electron chi connectivity index (χ4n) is 1.57. The molecular weight excluding hydrogens is 297 g/mol.